The van der Waals surface area contributed by atoms with Crippen molar-refractivity contribution in [3.63, 3.8) is 0 Å². The second-order valence-corrected chi connectivity index (χ2v) is 5.88. The van der Waals surface area contributed by atoms with Crippen molar-refractivity contribution >= 4 is 18.0 Å². The average Bonchev–Trinajstić information content (AvgIpc) is 2.60. The van der Waals surface area contributed by atoms with Gasteiger partial charge in [-0.05, 0) is 31.1 Å². The van der Waals surface area contributed by atoms with E-state index in [-0.39, 0.29) is 0 Å². The lowest BCUT2D eigenvalue weighted by Gasteiger charge is -2.33. The molecule has 130 valence electrons. The molecular weight excluding hydrogens is 310 g/mol. The highest BCUT2D eigenvalue weighted by Gasteiger charge is 2.40. The molecule has 0 bridgehead atoms. The lowest BCUT2D eigenvalue weighted by Crippen LogP contribution is -2.55. The van der Waals surface area contributed by atoms with Crippen LogP contribution in [0, 0.1) is 0 Å². The molecule has 1 aromatic carbocycles. The molecule has 0 spiro atoms. The van der Waals surface area contributed by atoms with E-state index < -0.39 is 17.4 Å². The van der Waals surface area contributed by atoms with Crippen molar-refractivity contribution in [2.24, 2.45) is 0 Å². The van der Waals surface area contributed by atoms with Gasteiger partial charge >= 0.3 is 5.97 Å². The van der Waals surface area contributed by atoms with Crippen molar-refractivity contribution in [3.8, 4) is 11.5 Å². The fourth-order valence-corrected chi connectivity index (χ4v) is 2.95. The second-order valence-electron chi connectivity index (χ2n) is 5.88. The molecule has 0 heterocycles. The second kappa shape index (κ2) is 7.86. The van der Waals surface area contributed by atoms with E-state index in [1.165, 1.54) is 13.2 Å². The predicted molar refractivity (Wildman–Crippen MR) is 90.2 cm³/mol. The molecule has 2 N–H and O–H groups in total. The van der Waals surface area contributed by atoms with Crippen molar-refractivity contribution in [1.29, 1.82) is 0 Å². The number of rotatable bonds is 6. The molecule has 0 atom stereocenters. The number of carboxylic acids is 1. The monoisotopic (exact) mass is 333 g/mol. The third kappa shape index (κ3) is 4.07. The van der Waals surface area contributed by atoms with Crippen LogP contribution in [0.2, 0.25) is 0 Å². The van der Waals surface area contributed by atoms with Crippen molar-refractivity contribution < 1.29 is 24.2 Å². The number of nitrogens with one attached hydrogen (secondary N) is 1. The van der Waals surface area contributed by atoms with Crippen LogP contribution >= 0.6 is 0 Å². The molecule has 1 aliphatic carbocycles. The summed E-state index contributed by atoms with van der Waals surface area (Å²) in [5.74, 6) is -0.160. The molecule has 1 fully saturated rings. The summed E-state index contributed by atoms with van der Waals surface area (Å²) in [6.45, 7) is 0. The Kier molecular flexibility index (Phi) is 5.84. The van der Waals surface area contributed by atoms with Gasteiger partial charge < -0.3 is 19.9 Å². The van der Waals surface area contributed by atoms with E-state index >= 15 is 0 Å². The molecule has 2 rings (SSSR count). The van der Waals surface area contributed by atoms with Crippen LogP contribution in [0.25, 0.3) is 6.08 Å². The van der Waals surface area contributed by atoms with Gasteiger partial charge in [-0.2, -0.15) is 0 Å². The van der Waals surface area contributed by atoms with Gasteiger partial charge in [0.15, 0.2) is 0 Å². The molecule has 0 saturated heterocycles. The zero-order valence-corrected chi connectivity index (χ0v) is 14.0. The zero-order chi connectivity index (χ0) is 17.6. The standard InChI is InChI=1S/C18H23NO5/c1-23-14-8-6-13(15(12-14)24-2)7-9-16(20)19-18(17(21)22)10-4-3-5-11-18/h6-9,12H,3-5,10-11H2,1-2H3,(H,19,20)(H,21,22). The summed E-state index contributed by atoms with van der Waals surface area (Å²) in [5, 5.41) is 12.2. The van der Waals surface area contributed by atoms with Gasteiger partial charge in [0, 0.05) is 17.7 Å². The van der Waals surface area contributed by atoms with Crippen LogP contribution in [0.5, 0.6) is 11.5 Å². The molecule has 0 aromatic heterocycles. The van der Waals surface area contributed by atoms with Crippen molar-refractivity contribution in [2.75, 3.05) is 14.2 Å². The largest absolute Gasteiger partial charge is 0.497 e. The predicted octanol–water partition coefficient (Wildman–Crippen LogP) is 2.62. The first-order valence-corrected chi connectivity index (χ1v) is 7.96. The normalized spacial score (nSPS) is 16.6. The minimum atomic E-state index is -1.15. The molecule has 1 amide bonds. The highest BCUT2D eigenvalue weighted by atomic mass is 16.5. The number of carbonyl (C=O) groups excluding carboxylic acids is 1. The summed E-state index contributed by atoms with van der Waals surface area (Å²) in [6.07, 6.45) is 6.49. The molecule has 6 heteroatoms. The van der Waals surface area contributed by atoms with Gasteiger partial charge in [0.05, 0.1) is 14.2 Å². The highest BCUT2D eigenvalue weighted by molar-refractivity contribution is 5.96. The van der Waals surface area contributed by atoms with Gasteiger partial charge in [-0.25, -0.2) is 4.79 Å². The number of amides is 1. The fraction of sp³-hybridized carbons (Fsp3) is 0.444. The van der Waals surface area contributed by atoms with Crippen LogP contribution in [0.3, 0.4) is 0 Å². The van der Waals surface area contributed by atoms with E-state index in [2.05, 4.69) is 5.32 Å². The molecule has 24 heavy (non-hydrogen) atoms. The number of carboxylic acid groups (broad SMARTS) is 1. The van der Waals surface area contributed by atoms with Gasteiger partial charge in [0.2, 0.25) is 5.91 Å². The molecule has 1 aromatic rings. The number of hydrogen-bond acceptors (Lipinski definition) is 4. The molecule has 0 unspecified atom stereocenters. The Morgan fingerprint density at radius 2 is 1.88 bits per heavy atom. The van der Waals surface area contributed by atoms with Crippen LogP contribution in [0.15, 0.2) is 24.3 Å². The van der Waals surface area contributed by atoms with E-state index in [9.17, 15) is 14.7 Å². The summed E-state index contributed by atoms with van der Waals surface area (Å²) < 4.78 is 10.4. The number of aliphatic carboxylic acids is 1. The van der Waals surface area contributed by atoms with E-state index in [4.69, 9.17) is 9.47 Å². The third-order valence-electron chi connectivity index (χ3n) is 4.33. The number of methoxy groups -OCH3 is 2. The first-order chi connectivity index (χ1) is 11.5. The van der Waals surface area contributed by atoms with E-state index in [0.29, 0.717) is 29.9 Å². The van der Waals surface area contributed by atoms with E-state index in [1.807, 2.05) is 0 Å². The average molecular weight is 333 g/mol. The Hall–Kier alpha value is -2.50. The van der Waals surface area contributed by atoms with Gasteiger partial charge in [0.1, 0.15) is 17.0 Å². The molecule has 0 radical (unpaired) electrons. The Morgan fingerprint density at radius 3 is 2.46 bits per heavy atom. The maximum Gasteiger partial charge on any atom is 0.329 e. The Balaban J connectivity index is 2.11. The summed E-state index contributed by atoms with van der Waals surface area (Å²) in [7, 11) is 3.10. The topological polar surface area (TPSA) is 84.9 Å². The molecule has 1 aliphatic rings. The quantitative estimate of drug-likeness (QED) is 0.782. The minimum absolute atomic E-state index is 0.419. The maximum absolute atomic E-state index is 12.2. The number of hydrogen-bond donors (Lipinski definition) is 2. The molecule has 1 saturated carbocycles. The molecular formula is C18H23NO5. The SMILES string of the molecule is COc1ccc(C=CC(=O)NC2(C(=O)O)CCCCC2)c(OC)c1. The lowest BCUT2D eigenvalue weighted by molar-refractivity contribution is -0.148. The van der Waals surface area contributed by atoms with Gasteiger partial charge in [-0.1, -0.05) is 19.3 Å². The van der Waals surface area contributed by atoms with Gasteiger partial charge in [-0.3, -0.25) is 4.79 Å². The van der Waals surface area contributed by atoms with E-state index in [1.54, 1.807) is 31.4 Å². The third-order valence-corrected chi connectivity index (χ3v) is 4.33. The van der Waals surface area contributed by atoms with Crippen molar-refractivity contribution in [3.05, 3.63) is 29.8 Å². The Bertz CT molecular complexity index is 632. The van der Waals surface area contributed by atoms with Gasteiger partial charge in [-0.15, -0.1) is 0 Å². The first-order valence-electron chi connectivity index (χ1n) is 7.96. The van der Waals surface area contributed by atoms with Crippen LogP contribution in [0.1, 0.15) is 37.7 Å². The number of carbonyl (C=O) groups is 2. The molecule has 6 nitrogen and oxygen atoms in total. The fourth-order valence-electron chi connectivity index (χ4n) is 2.95. The van der Waals surface area contributed by atoms with Crippen LogP contribution < -0.4 is 14.8 Å². The van der Waals surface area contributed by atoms with Crippen LogP contribution in [0.4, 0.5) is 0 Å². The summed E-state index contributed by atoms with van der Waals surface area (Å²) in [4.78, 5) is 23.8. The molecule has 0 aliphatic heterocycles. The van der Waals surface area contributed by atoms with Crippen molar-refractivity contribution in [1.82, 2.24) is 5.32 Å². The van der Waals surface area contributed by atoms with Crippen LogP contribution in [-0.4, -0.2) is 36.7 Å². The number of benzene rings is 1. The summed E-state index contributed by atoms with van der Waals surface area (Å²) in [6, 6.07) is 5.26. The maximum atomic E-state index is 12.2. The minimum Gasteiger partial charge on any atom is -0.497 e. The summed E-state index contributed by atoms with van der Waals surface area (Å²) in [5.41, 5.74) is -0.439. The Morgan fingerprint density at radius 1 is 1.17 bits per heavy atom. The Labute approximate surface area is 141 Å². The zero-order valence-electron chi connectivity index (χ0n) is 14.0. The van der Waals surface area contributed by atoms with Crippen LogP contribution in [-0.2, 0) is 9.59 Å². The van der Waals surface area contributed by atoms with Crippen molar-refractivity contribution in [2.45, 2.75) is 37.6 Å². The van der Waals surface area contributed by atoms with E-state index in [0.717, 1.165) is 19.3 Å². The smallest absolute Gasteiger partial charge is 0.329 e. The number of ether oxygens (including phenoxy) is 2. The lowest BCUT2D eigenvalue weighted by atomic mass is 9.81. The first kappa shape index (κ1) is 17.8. The highest BCUT2D eigenvalue weighted by Crippen LogP contribution is 2.29. The van der Waals surface area contributed by atoms with Gasteiger partial charge in [0.25, 0.3) is 0 Å². The summed E-state index contributed by atoms with van der Waals surface area (Å²) >= 11 is 0.